The van der Waals surface area contributed by atoms with Crippen LogP contribution >= 0.6 is 0 Å². The topological polar surface area (TPSA) is 55.7 Å². The number of rotatable bonds is 5. The van der Waals surface area contributed by atoms with Crippen LogP contribution in [-0.2, 0) is 6.54 Å². The highest BCUT2D eigenvalue weighted by Gasteiger charge is 2.33. The van der Waals surface area contributed by atoms with E-state index in [1.807, 2.05) is 78.6 Å². The van der Waals surface area contributed by atoms with Gasteiger partial charge in [-0.3, -0.25) is 0 Å². The minimum atomic E-state index is -0.288. The lowest BCUT2D eigenvalue weighted by atomic mass is 10.0. The number of ether oxygens (including phenoxy) is 2. The van der Waals surface area contributed by atoms with Gasteiger partial charge in [0, 0.05) is 23.6 Å². The lowest BCUT2D eigenvalue weighted by Crippen LogP contribution is -2.37. The van der Waals surface area contributed by atoms with E-state index in [0.717, 1.165) is 28.3 Å². The average molecular weight is 454 g/mol. The zero-order valence-corrected chi connectivity index (χ0v) is 19.3. The molecule has 1 atom stereocenters. The molecule has 0 unspecified atom stereocenters. The molecule has 0 radical (unpaired) electrons. The highest BCUT2D eigenvalue weighted by Crippen LogP contribution is 2.37. The number of para-hydroxylation sites is 1. The molecule has 0 aliphatic carbocycles. The summed E-state index contributed by atoms with van der Waals surface area (Å²) in [5, 5.41) is 3.07. The third-order valence-electron chi connectivity index (χ3n) is 6.05. The summed E-state index contributed by atoms with van der Waals surface area (Å²) in [6.45, 7) is 3.04. The molecule has 34 heavy (non-hydrogen) atoms. The van der Waals surface area contributed by atoms with Crippen LogP contribution in [0.25, 0.3) is 5.69 Å². The van der Waals surface area contributed by atoms with E-state index < -0.39 is 0 Å². The zero-order chi connectivity index (χ0) is 23.5. The van der Waals surface area contributed by atoms with Crippen LogP contribution in [0.15, 0.2) is 91.1 Å². The van der Waals surface area contributed by atoms with Gasteiger partial charge in [0.1, 0.15) is 11.5 Å². The van der Waals surface area contributed by atoms with E-state index in [-0.39, 0.29) is 12.1 Å². The van der Waals surface area contributed by atoms with Crippen LogP contribution in [0.4, 0.5) is 10.5 Å². The smallest absolute Gasteiger partial charge is 0.322 e. The van der Waals surface area contributed by atoms with Crippen LogP contribution in [-0.4, -0.2) is 29.2 Å². The Morgan fingerprint density at radius 2 is 1.79 bits per heavy atom. The molecule has 1 N–H and O–H groups in total. The van der Waals surface area contributed by atoms with Gasteiger partial charge in [-0.15, -0.1) is 0 Å². The van der Waals surface area contributed by atoms with Gasteiger partial charge in [0.05, 0.1) is 32.0 Å². The largest absolute Gasteiger partial charge is 0.497 e. The van der Waals surface area contributed by atoms with Gasteiger partial charge >= 0.3 is 6.03 Å². The van der Waals surface area contributed by atoms with Crippen molar-refractivity contribution in [1.29, 1.82) is 0 Å². The van der Waals surface area contributed by atoms with Crippen molar-refractivity contribution in [3.05, 3.63) is 108 Å². The normalized spacial score (nSPS) is 14.5. The second-order valence-electron chi connectivity index (χ2n) is 8.13. The van der Waals surface area contributed by atoms with Crippen molar-refractivity contribution in [1.82, 2.24) is 9.47 Å². The summed E-state index contributed by atoms with van der Waals surface area (Å²) in [4.78, 5) is 15.6. The quantitative estimate of drug-likeness (QED) is 0.402. The van der Waals surface area contributed by atoms with E-state index in [4.69, 9.17) is 9.47 Å². The number of fused-ring (bicyclic) bond motifs is 3. The molecule has 2 heterocycles. The molecule has 0 fully saturated rings. The van der Waals surface area contributed by atoms with Crippen LogP contribution in [0.5, 0.6) is 11.5 Å². The second-order valence-corrected chi connectivity index (χ2v) is 8.13. The Bertz CT molecular complexity index is 1300. The van der Waals surface area contributed by atoms with Gasteiger partial charge < -0.3 is 24.3 Å². The number of amides is 2. The monoisotopic (exact) mass is 453 g/mol. The van der Waals surface area contributed by atoms with Crippen LogP contribution in [0.3, 0.4) is 0 Å². The molecule has 0 saturated heterocycles. The Kier molecular flexibility index (Phi) is 5.95. The van der Waals surface area contributed by atoms with Crippen molar-refractivity contribution >= 4 is 11.7 Å². The summed E-state index contributed by atoms with van der Waals surface area (Å²) in [6.07, 6.45) is 2.05. The molecule has 4 aromatic rings. The van der Waals surface area contributed by atoms with Crippen molar-refractivity contribution in [2.75, 3.05) is 19.0 Å². The molecule has 5 rings (SSSR count). The van der Waals surface area contributed by atoms with Crippen LogP contribution in [0.2, 0.25) is 0 Å². The summed E-state index contributed by atoms with van der Waals surface area (Å²) in [5.74, 6) is 1.50. The third-order valence-corrected chi connectivity index (χ3v) is 6.05. The number of carbonyl (C=O) groups is 1. The summed E-state index contributed by atoms with van der Waals surface area (Å²) in [6, 6.07) is 27.2. The van der Waals surface area contributed by atoms with Gasteiger partial charge in [0.15, 0.2) is 0 Å². The fraction of sp³-hybridized carbons (Fsp3) is 0.179. The molecule has 172 valence electrons. The fourth-order valence-electron chi connectivity index (χ4n) is 4.50. The Hall–Kier alpha value is -4.19. The highest BCUT2D eigenvalue weighted by atomic mass is 16.5. The first kappa shape index (κ1) is 21.6. The van der Waals surface area contributed by atoms with Gasteiger partial charge in [-0.2, -0.15) is 0 Å². The lowest BCUT2D eigenvalue weighted by molar-refractivity contribution is 0.194. The van der Waals surface area contributed by atoms with Crippen LogP contribution in [0.1, 0.15) is 29.8 Å². The van der Waals surface area contributed by atoms with Crippen molar-refractivity contribution in [2.24, 2.45) is 0 Å². The molecule has 1 aliphatic rings. The summed E-state index contributed by atoms with van der Waals surface area (Å²) in [7, 11) is 1.61. The first-order valence-corrected chi connectivity index (χ1v) is 11.4. The molecular formula is C28H27N3O3. The molecule has 3 aromatic carbocycles. The number of methoxy groups -OCH3 is 1. The number of anilines is 1. The molecular weight excluding hydrogens is 426 g/mol. The fourth-order valence-corrected chi connectivity index (χ4v) is 4.50. The number of nitrogens with one attached hydrogen (secondary N) is 1. The predicted molar refractivity (Wildman–Crippen MR) is 133 cm³/mol. The molecule has 6 nitrogen and oxygen atoms in total. The standard InChI is InChI=1S/C28H27N3O3/c1-3-34-23-15-13-20(14-16-23)27-26-12-7-17-30(26)25-11-5-4-8-21(25)19-31(27)28(32)29-22-9-6-10-24(18-22)33-2/h4-18,27H,3,19H2,1-2H3,(H,29,32)/t27-/m0/s1. The van der Waals surface area contributed by atoms with Crippen molar-refractivity contribution in [2.45, 2.75) is 19.5 Å². The van der Waals surface area contributed by atoms with Gasteiger partial charge in [-0.1, -0.05) is 36.4 Å². The molecule has 0 bridgehead atoms. The van der Waals surface area contributed by atoms with Crippen LogP contribution in [0, 0.1) is 0 Å². The Labute approximate surface area is 199 Å². The van der Waals surface area contributed by atoms with Crippen molar-refractivity contribution in [3.63, 3.8) is 0 Å². The summed E-state index contributed by atoms with van der Waals surface area (Å²) < 4.78 is 13.1. The highest BCUT2D eigenvalue weighted by molar-refractivity contribution is 5.90. The van der Waals surface area contributed by atoms with E-state index in [0.29, 0.717) is 24.6 Å². The molecule has 0 saturated carbocycles. The van der Waals surface area contributed by atoms with Crippen LogP contribution < -0.4 is 14.8 Å². The lowest BCUT2D eigenvalue weighted by Gasteiger charge is -2.31. The average Bonchev–Trinajstić information content (AvgIpc) is 3.29. The van der Waals surface area contributed by atoms with E-state index >= 15 is 0 Å². The Morgan fingerprint density at radius 1 is 0.971 bits per heavy atom. The van der Waals surface area contributed by atoms with E-state index in [1.54, 1.807) is 7.11 Å². The molecule has 0 spiro atoms. The predicted octanol–water partition coefficient (Wildman–Crippen LogP) is 6.02. The Balaban J connectivity index is 1.58. The van der Waals surface area contributed by atoms with Gasteiger partial charge in [0.25, 0.3) is 0 Å². The second kappa shape index (κ2) is 9.35. The Morgan fingerprint density at radius 3 is 2.59 bits per heavy atom. The van der Waals surface area contributed by atoms with E-state index in [9.17, 15) is 4.79 Å². The maximum Gasteiger partial charge on any atom is 0.322 e. The minimum absolute atomic E-state index is 0.184. The van der Waals surface area contributed by atoms with Crippen molar-refractivity contribution < 1.29 is 14.3 Å². The number of aromatic nitrogens is 1. The number of carbonyl (C=O) groups excluding carboxylic acids is 1. The molecule has 1 aromatic heterocycles. The van der Waals surface area contributed by atoms with E-state index in [1.165, 1.54) is 0 Å². The molecule has 1 aliphatic heterocycles. The van der Waals surface area contributed by atoms with E-state index in [2.05, 4.69) is 34.3 Å². The van der Waals surface area contributed by atoms with Crippen molar-refractivity contribution in [3.8, 4) is 17.2 Å². The maximum atomic E-state index is 13.8. The number of urea groups is 1. The first-order chi connectivity index (χ1) is 16.7. The third kappa shape index (κ3) is 4.10. The SMILES string of the molecule is CCOc1ccc([C@H]2c3cccn3-c3ccccc3CN2C(=O)Nc2cccc(OC)c2)cc1. The van der Waals surface area contributed by atoms with Gasteiger partial charge in [0.2, 0.25) is 0 Å². The number of hydrogen-bond donors (Lipinski definition) is 1. The summed E-state index contributed by atoms with van der Waals surface area (Å²) >= 11 is 0. The number of benzene rings is 3. The van der Waals surface area contributed by atoms with Gasteiger partial charge in [-0.25, -0.2) is 4.79 Å². The first-order valence-electron chi connectivity index (χ1n) is 11.4. The maximum absolute atomic E-state index is 13.8. The number of nitrogens with zero attached hydrogens (tertiary/aromatic N) is 2. The molecule has 6 heteroatoms. The zero-order valence-electron chi connectivity index (χ0n) is 19.3. The molecule has 2 amide bonds. The minimum Gasteiger partial charge on any atom is -0.497 e. The van der Waals surface area contributed by atoms with Gasteiger partial charge in [-0.05, 0) is 60.5 Å². The number of hydrogen-bond acceptors (Lipinski definition) is 3. The summed E-state index contributed by atoms with van der Waals surface area (Å²) in [5.41, 5.74) is 4.87.